The summed E-state index contributed by atoms with van der Waals surface area (Å²) in [6, 6.07) is 16.5. The zero-order valence-electron chi connectivity index (χ0n) is 28.3. The number of nitrogens with zero attached hydrogens (tertiary/aromatic N) is 5. The van der Waals surface area contributed by atoms with Crippen LogP contribution in [0.15, 0.2) is 60.8 Å². The third-order valence-electron chi connectivity index (χ3n) is 8.65. The van der Waals surface area contributed by atoms with Gasteiger partial charge in [-0.25, -0.2) is 14.2 Å². The van der Waals surface area contributed by atoms with Crippen LogP contribution in [0, 0.1) is 26.6 Å². The molecule has 0 saturated carbocycles. The van der Waals surface area contributed by atoms with E-state index in [2.05, 4.69) is 46.0 Å². The summed E-state index contributed by atoms with van der Waals surface area (Å²) in [5.74, 6) is 1.78. The molecule has 1 fully saturated rings. The Morgan fingerprint density at radius 3 is 2.32 bits per heavy atom. The zero-order valence-corrected chi connectivity index (χ0v) is 28.3. The van der Waals surface area contributed by atoms with Crippen LogP contribution in [0.25, 0.3) is 0 Å². The smallest absolute Gasteiger partial charge is 0.421 e. The first-order valence-corrected chi connectivity index (χ1v) is 15.6. The number of hydrogen-bond acceptors (Lipinski definition) is 9. The Hall–Kier alpha value is -4.90. The number of aryl methyl sites for hydroxylation is 3. The van der Waals surface area contributed by atoms with E-state index < -0.39 is 6.09 Å². The molecule has 11 heteroatoms. The lowest BCUT2D eigenvalue weighted by Crippen LogP contribution is -2.55. The summed E-state index contributed by atoms with van der Waals surface area (Å²) in [4.78, 5) is 28.7. The third kappa shape index (κ3) is 7.57. The zero-order chi connectivity index (χ0) is 33.8. The minimum absolute atomic E-state index is 0.0603. The lowest BCUT2D eigenvalue weighted by molar-refractivity contribution is 0.169. The van der Waals surface area contributed by atoms with Gasteiger partial charge in [0.1, 0.15) is 28.9 Å². The number of aromatic nitrogens is 2. The lowest BCUT2D eigenvalue weighted by Gasteiger charge is -2.43. The highest BCUT2D eigenvalue weighted by atomic mass is 19.1. The molecule has 2 atom stereocenters. The average molecular weight is 643 g/mol. The molecule has 248 valence electrons. The summed E-state index contributed by atoms with van der Waals surface area (Å²) in [5.41, 5.74) is 4.46. The maximum atomic E-state index is 15.4. The van der Waals surface area contributed by atoms with Gasteiger partial charge in [0.2, 0.25) is 5.95 Å². The number of piperazine rings is 1. The number of nitrogens with one attached hydrogen (secondary N) is 1. The summed E-state index contributed by atoms with van der Waals surface area (Å²) < 4.78 is 32.5. The van der Waals surface area contributed by atoms with E-state index in [0.29, 0.717) is 46.3 Å². The number of rotatable bonds is 9. The number of ether oxygens (including phenoxy) is 3. The minimum atomic E-state index is -0.638. The molecule has 3 aromatic carbocycles. The van der Waals surface area contributed by atoms with Gasteiger partial charge in [-0.05, 0) is 95.3 Å². The Balaban J connectivity index is 1.44. The van der Waals surface area contributed by atoms with Gasteiger partial charge in [-0.3, -0.25) is 9.80 Å². The monoisotopic (exact) mass is 642 g/mol. The van der Waals surface area contributed by atoms with Crippen molar-refractivity contribution in [1.29, 1.82) is 0 Å². The molecule has 2 unspecified atom stereocenters. The molecule has 47 heavy (non-hydrogen) atoms. The molecule has 1 N–H and O–H groups in total. The molecule has 1 aliphatic rings. The second-order valence-corrected chi connectivity index (χ2v) is 12.2. The fourth-order valence-corrected chi connectivity index (χ4v) is 6.02. The van der Waals surface area contributed by atoms with Crippen molar-refractivity contribution in [3.8, 4) is 17.2 Å². The van der Waals surface area contributed by atoms with Gasteiger partial charge in [-0.2, -0.15) is 4.98 Å². The second kappa shape index (κ2) is 14.3. The Morgan fingerprint density at radius 1 is 0.979 bits per heavy atom. The van der Waals surface area contributed by atoms with Crippen LogP contribution in [0.3, 0.4) is 0 Å². The quantitative estimate of drug-likeness (QED) is 0.207. The molecular formula is C36H43FN6O4. The molecular weight excluding hydrogens is 599 g/mol. The maximum absolute atomic E-state index is 15.4. The summed E-state index contributed by atoms with van der Waals surface area (Å²) in [6.07, 6.45) is 0.897. The number of carbonyl (C=O) groups is 1. The van der Waals surface area contributed by atoms with Crippen molar-refractivity contribution in [1.82, 2.24) is 14.9 Å². The van der Waals surface area contributed by atoms with Crippen LogP contribution >= 0.6 is 0 Å². The molecule has 1 saturated heterocycles. The van der Waals surface area contributed by atoms with E-state index in [4.69, 9.17) is 14.2 Å². The first-order valence-electron chi connectivity index (χ1n) is 15.6. The first kappa shape index (κ1) is 33.5. The Bertz CT molecular complexity index is 1720. The average Bonchev–Trinajstić information content (AvgIpc) is 3.03. The number of methoxy groups -OCH3 is 2. The van der Waals surface area contributed by atoms with Crippen molar-refractivity contribution in [2.45, 2.75) is 53.2 Å². The molecule has 0 bridgehead atoms. The van der Waals surface area contributed by atoms with E-state index in [1.165, 1.54) is 17.2 Å². The van der Waals surface area contributed by atoms with Crippen molar-refractivity contribution in [3.63, 3.8) is 0 Å². The number of anilines is 4. The van der Waals surface area contributed by atoms with Crippen LogP contribution in [-0.2, 0) is 6.54 Å². The summed E-state index contributed by atoms with van der Waals surface area (Å²) in [5, 5.41) is 3.10. The van der Waals surface area contributed by atoms with Crippen molar-refractivity contribution in [3.05, 3.63) is 88.9 Å². The van der Waals surface area contributed by atoms with Crippen LogP contribution < -0.4 is 29.3 Å². The standard InChI is InChI=1S/C36H43FN6O4/c1-22-15-23(2)34(24(3)16-22)47-36(44)43(21-27-17-29(45-7)10-12-32(27)46-8)33-13-14-38-35(40-33)39-28-9-11-31(30(37)18-28)42-19-25(4)41(6)26(5)20-42/h9-18,25-26H,19-21H2,1-8H3,(H,38,39,40). The molecule has 0 radical (unpaired) electrons. The highest BCUT2D eigenvalue weighted by molar-refractivity contribution is 5.88. The van der Waals surface area contributed by atoms with Crippen LogP contribution in [0.4, 0.5) is 32.3 Å². The van der Waals surface area contributed by atoms with Gasteiger partial charge in [0, 0.05) is 42.6 Å². The van der Waals surface area contributed by atoms with E-state index in [1.54, 1.807) is 50.6 Å². The molecule has 1 amide bonds. The fourth-order valence-electron chi connectivity index (χ4n) is 6.02. The van der Waals surface area contributed by atoms with Gasteiger partial charge < -0.3 is 24.4 Å². The Morgan fingerprint density at radius 2 is 1.68 bits per heavy atom. The molecule has 5 rings (SSSR count). The SMILES string of the molecule is COc1ccc(OC)c(CN(C(=O)Oc2c(C)cc(C)cc2C)c2ccnc(Nc3ccc(N4CC(C)N(C)C(C)C4)c(F)c3)n2)c1. The number of carbonyl (C=O) groups excluding carboxylic acids is 1. The summed E-state index contributed by atoms with van der Waals surface area (Å²) in [6.45, 7) is 11.6. The number of halogens is 1. The number of likely N-dealkylation sites (N-methyl/N-ethyl adjacent to an activating group) is 1. The van der Waals surface area contributed by atoms with Crippen molar-refractivity contribution >= 4 is 29.2 Å². The maximum Gasteiger partial charge on any atom is 0.421 e. The van der Waals surface area contributed by atoms with Gasteiger partial charge in [0.25, 0.3) is 0 Å². The van der Waals surface area contributed by atoms with E-state index in [0.717, 1.165) is 29.8 Å². The van der Waals surface area contributed by atoms with Gasteiger partial charge in [-0.1, -0.05) is 17.7 Å². The number of benzene rings is 3. The third-order valence-corrected chi connectivity index (χ3v) is 8.65. The molecule has 0 spiro atoms. The molecule has 2 heterocycles. The van der Waals surface area contributed by atoms with E-state index in [1.807, 2.05) is 32.9 Å². The Labute approximate surface area is 276 Å². The normalized spacial score (nSPS) is 16.5. The highest BCUT2D eigenvalue weighted by Gasteiger charge is 2.28. The largest absolute Gasteiger partial charge is 0.497 e. The van der Waals surface area contributed by atoms with Gasteiger partial charge in [0.15, 0.2) is 0 Å². The van der Waals surface area contributed by atoms with Crippen LogP contribution in [0.5, 0.6) is 17.2 Å². The Kier molecular flexibility index (Phi) is 10.1. The van der Waals surface area contributed by atoms with E-state index in [9.17, 15) is 4.79 Å². The van der Waals surface area contributed by atoms with Crippen molar-refractivity contribution < 1.29 is 23.4 Å². The molecule has 4 aromatic rings. The minimum Gasteiger partial charge on any atom is -0.497 e. The van der Waals surface area contributed by atoms with E-state index >= 15 is 4.39 Å². The van der Waals surface area contributed by atoms with Crippen LogP contribution in [-0.4, -0.2) is 67.4 Å². The van der Waals surface area contributed by atoms with Gasteiger partial charge in [0.05, 0.1) is 26.5 Å². The number of hydrogen-bond donors (Lipinski definition) is 1. The summed E-state index contributed by atoms with van der Waals surface area (Å²) in [7, 11) is 5.24. The molecule has 1 aromatic heterocycles. The van der Waals surface area contributed by atoms with Crippen molar-refractivity contribution in [2.24, 2.45) is 0 Å². The highest BCUT2D eigenvalue weighted by Crippen LogP contribution is 2.31. The van der Waals surface area contributed by atoms with E-state index in [-0.39, 0.29) is 24.1 Å². The predicted octanol–water partition coefficient (Wildman–Crippen LogP) is 7.04. The van der Waals surface area contributed by atoms with Crippen molar-refractivity contribution in [2.75, 3.05) is 49.5 Å². The molecule has 10 nitrogen and oxygen atoms in total. The van der Waals surface area contributed by atoms with Gasteiger partial charge >= 0.3 is 6.09 Å². The first-order chi connectivity index (χ1) is 22.5. The number of amides is 1. The second-order valence-electron chi connectivity index (χ2n) is 12.2. The summed E-state index contributed by atoms with van der Waals surface area (Å²) >= 11 is 0. The molecule has 0 aliphatic carbocycles. The topological polar surface area (TPSA) is 92.3 Å². The van der Waals surface area contributed by atoms with Crippen LogP contribution in [0.1, 0.15) is 36.1 Å². The lowest BCUT2D eigenvalue weighted by atomic mass is 10.1. The molecule has 1 aliphatic heterocycles. The van der Waals surface area contributed by atoms with Crippen LogP contribution in [0.2, 0.25) is 0 Å². The fraction of sp³-hybridized carbons (Fsp3) is 0.361. The van der Waals surface area contributed by atoms with Gasteiger partial charge in [-0.15, -0.1) is 0 Å². The predicted molar refractivity (Wildman–Crippen MR) is 183 cm³/mol.